The molecule has 1 aliphatic rings. The van der Waals surface area contributed by atoms with Crippen molar-refractivity contribution in [3.63, 3.8) is 0 Å². The van der Waals surface area contributed by atoms with Gasteiger partial charge in [0.15, 0.2) is 0 Å². The summed E-state index contributed by atoms with van der Waals surface area (Å²) in [6.45, 7) is 6.77. The standard InChI is InChI=1S/C22H30N4O4Si/c1-31(2,3)13-5-7-19(22(29)30)25-20(27)14-17-6-4-12-26(21(17)28)18-10-8-16(9-11-18)15-24-23/h8-11,15,17,19H,4,6-7,12,14,23H2,1-3H3,(H,25,27)(H,29,30)/t17?,19-/m0/s1. The van der Waals surface area contributed by atoms with Crippen LogP contribution in [0.15, 0.2) is 29.4 Å². The third-order valence-electron chi connectivity index (χ3n) is 4.81. The molecule has 1 heterocycles. The first kappa shape index (κ1) is 24.1. The fourth-order valence-electron chi connectivity index (χ4n) is 3.32. The molecule has 1 fully saturated rings. The van der Waals surface area contributed by atoms with Crippen LogP contribution in [0.5, 0.6) is 0 Å². The van der Waals surface area contributed by atoms with Gasteiger partial charge in [-0.2, -0.15) is 5.10 Å². The van der Waals surface area contributed by atoms with Crippen molar-refractivity contribution < 1.29 is 19.5 Å². The van der Waals surface area contributed by atoms with Crippen LogP contribution in [0.2, 0.25) is 19.6 Å². The zero-order valence-corrected chi connectivity index (χ0v) is 19.2. The molecule has 9 heteroatoms. The van der Waals surface area contributed by atoms with E-state index >= 15 is 0 Å². The fraction of sp³-hybridized carbons (Fsp3) is 0.455. The molecule has 0 radical (unpaired) electrons. The largest absolute Gasteiger partial charge is 0.480 e. The van der Waals surface area contributed by atoms with Gasteiger partial charge in [0.25, 0.3) is 0 Å². The lowest BCUT2D eigenvalue weighted by Crippen LogP contribution is -2.45. The third kappa shape index (κ3) is 7.57. The molecular weight excluding hydrogens is 412 g/mol. The SMILES string of the molecule is C[Si](C)(C)C#CC[C@H](NC(=O)CC1CCCN(c2ccc(C=NN)cc2)C1=O)C(=O)O. The summed E-state index contributed by atoms with van der Waals surface area (Å²) in [5.41, 5.74) is 4.67. The number of hydrogen-bond donors (Lipinski definition) is 3. The van der Waals surface area contributed by atoms with Gasteiger partial charge in [0.05, 0.1) is 6.21 Å². The minimum absolute atomic E-state index is 0.0432. The van der Waals surface area contributed by atoms with Crippen LogP contribution in [0.3, 0.4) is 0 Å². The topological polar surface area (TPSA) is 125 Å². The summed E-state index contributed by atoms with van der Waals surface area (Å²) in [5, 5.41) is 15.4. The molecule has 1 unspecified atom stereocenters. The molecule has 2 atom stereocenters. The van der Waals surface area contributed by atoms with Gasteiger partial charge in [0, 0.05) is 31.0 Å². The second kappa shape index (κ2) is 10.8. The molecule has 0 saturated carbocycles. The molecule has 1 saturated heterocycles. The molecule has 4 N–H and O–H groups in total. The van der Waals surface area contributed by atoms with E-state index < -0.39 is 31.9 Å². The normalized spacial score (nSPS) is 17.7. The highest BCUT2D eigenvalue weighted by Gasteiger charge is 2.32. The highest BCUT2D eigenvalue weighted by atomic mass is 28.3. The third-order valence-corrected chi connectivity index (χ3v) is 5.74. The van der Waals surface area contributed by atoms with Crippen LogP contribution in [0.1, 0.15) is 31.2 Å². The lowest BCUT2D eigenvalue weighted by Gasteiger charge is -2.32. The van der Waals surface area contributed by atoms with Crippen LogP contribution in [0.25, 0.3) is 0 Å². The van der Waals surface area contributed by atoms with Crippen LogP contribution in [-0.2, 0) is 14.4 Å². The summed E-state index contributed by atoms with van der Waals surface area (Å²) in [6, 6.07) is 6.18. The van der Waals surface area contributed by atoms with Crippen LogP contribution in [0, 0.1) is 17.4 Å². The lowest BCUT2D eigenvalue weighted by molar-refractivity contribution is -0.142. The van der Waals surface area contributed by atoms with Crippen molar-refractivity contribution in [2.45, 2.75) is 51.4 Å². The Morgan fingerprint density at radius 1 is 1.35 bits per heavy atom. The Balaban J connectivity index is 2.00. The molecule has 8 nitrogen and oxygen atoms in total. The molecular formula is C22H30N4O4Si. The van der Waals surface area contributed by atoms with Gasteiger partial charge in [0.2, 0.25) is 11.8 Å². The van der Waals surface area contributed by atoms with Crippen molar-refractivity contribution in [2.75, 3.05) is 11.4 Å². The first-order chi connectivity index (χ1) is 14.6. The number of benzene rings is 1. The number of aliphatic carboxylic acids is 1. The molecule has 1 aromatic rings. The maximum absolute atomic E-state index is 12.9. The Hall–Kier alpha value is -3.12. The minimum atomic E-state index is -1.62. The van der Waals surface area contributed by atoms with Crippen molar-refractivity contribution in [3.8, 4) is 11.5 Å². The van der Waals surface area contributed by atoms with Gasteiger partial charge in [-0.05, 0) is 30.5 Å². The Morgan fingerprint density at radius 3 is 2.61 bits per heavy atom. The first-order valence-electron chi connectivity index (χ1n) is 10.3. The van der Waals surface area contributed by atoms with E-state index in [4.69, 9.17) is 5.84 Å². The number of carbonyl (C=O) groups excluding carboxylic acids is 2. The average Bonchev–Trinajstić information content (AvgIpc) is 2.69. The number of nitrogens with two attached hydrogens (primary N) is 1. The number of anilines is 1. The van der Waals surface area contributed by atoms with Gasteiger partial charge in [-0.3, -0.25) is 9.59 Å². The zero-order valence-electron chi connectivity index (χ0n) is 18.2. The van der Waals surface area contributed by atoms with Crippen LogP contribution >= 0.6 is 0 Å². The van der Waals surface area contributed by atoms with Crippen LogP contribution in [-0.4, -0.2) is 49.8 Å². The second-order valence-electron chi connectivity index (χ2n) is 8.62. The van der Waals surface area contributed by atoms with Gasteiger partial charge >= 0.3 is 5.97 Å². The molecule has 0 aromatic heterocycles. The predicted octanol–water partition coefficient (Wildman–Crippen LogP) is 1.95. The molecule has 0 aliphatic carbocycles. The molecule has 31 heavy (non-hydrogen) atoms. The van der Waals surface area contributed by atoms with Crippen molar-refractivity contribution in [1.82, 2.24) is 5.32 Å². The second-order valence-corrected chi connectivity index (χ2v) is 13.4. The molecule has 2 rings (SSSR count). The summed E-state index contributed by atoms with van der Waals surface area (Å²) >= 11 is 0. The number of hydrogen-bond acceptors (Lipinski definition) is 5. The summed E-state index contributed by atoms with van der Waals surface area (Å²) in [6.07, 6.45) is 2.88. The Labute approximate surface area is 183 Å². The van der Waals surface area contributed by atoms with E-state index in [1.165, 1.54) is 6.21 Å². The van der Waals surface area contributed by atoms with E-state index in [0.717, 1.165) is 17.7 Å². The summed E-state index contributed by atoms with van der Waals surface area (Å²) < 4.78 is 0. The van der Waals surface area contributed by atoms with Crippen molar-refractivity contribution in [3.05, 3.63) is 29.8 Å². The van der Waals surface area contributed by atoms with Gasteiger partial charge in [-0.25, -0.2) is 4.79 Å². The smallest absolute Gasteiger partial charge is 0.327 e. The number of rotatable bonds is 7. The van der Waals surface area contributed by atoms with E-state index in [1.807, 2.05) is 24.3 Å². The van der Waals surface area contributed by atoms with E-state index in [2.05, 4.69) is 41.5 Å². The number of carboxylic acids is 1. The minimum Gasteiger partial charge on any atom is -0.480 e. The fourth-order valence-corrected chi connectivity index (χ4v) is 3.95. The van der Waals surface area contributed by atoms with Gasteiger partial charge in [-0.1, -0.05) is 31.8 Å². The maximum Gasteiger partial charge on any atom is 0.327 e. The van der Waals surface area contributed by atoms with Gasteiger partial charge in [-0.15, -0.1) is 11.5 Å². The van der Waals surface area contributed by atoms with Gasteiger partial charge < -0.3 is 21.2 Å². The molecule has 166 valence electrons. The predicted molar refractivity (Wildman–Crippen MR) is 123 cm³/mol. The summed E-state index contributed by atoms with van der Waals surface area (Å²) in [5.74, 6) is 5.85. The maximum atomic E-state index is 12.9. The Bertz CT molecular complexity index is 897. The molecule has 0 spiro atoms. The van der Waals surface area contributed by atoms with Crippen molar-refractivity contribution in [1.29, 1.82) is 0 Å². The number of hydrazone groups is 1. The highest BCUT2D eigenvalue weighted by molar-refractivity contribution is 6.83. The Morgan fingerprint density at radius 2 is 2.03 bits per heavy atom. The van der Waals surface area contributed by atoms with E-state index in [0.29, 0.717) is 13.0 Å². The van der Waals surface area contributed by atoms with E-state index in [9.17, 15) is 19.5 Å². The number of carbonyl (C=O) groups is 3. The zero-order chi connectivity index (χ0) is 23.0. The van der Waals surface area contributed by atoms with Gasteiger partial charge in [0.1, 0.15) is 14.1 Å². The molecule has 1 aromatic carbocycles. The number of nitrogens with zero attached hydrogens (tertiary/aromatic N) is 2. The summed E-state index contributed by atoms with van der Waals surface area (Å²) in [7, 11) is -1.62. The van der Waals surface area contributed by atoms with Crippen LogP contribution in [0.4, 0.5) is 5.69 Å². The Kier molecular flexibility index (Phi) is 8.39. The molecule has 2 amide bonds. The van der Waals surface area contributed by atoms with Crippen molar-refractivity contribution >= 4 is 37.8 Å². The molecule has 1 aliphatic heterocycles. The summed E-state index contributed by atoms with van der Waals surface area (Å²) in [4.78, 5) is 38.6. The quantitative estimate of drug-likeness (QED) is 0.196. The number of piperidine rings is 1. The monoisotopic (exact) mass is 442 g/mol. The molecule has 0 bridgehead atoms. The average molecular weight is 443 g/mol. The number of nitrogens with one attached hydrogen (secondary N) is 1. The number of carboxylic acid groups (broad SMARTS) is 1. The number of amides is 2. The van der Waals surface area contributed by atoms with Crippen molar-refractivity contribution in [2.24, 2.45) is 16.9 Å². The van der Waals surface area contributed by atoms with E-state index in [-0.39, 0.29) is 18.7 Å². The van der Waals surface area contributed by atoms with Crippen LogP contribution < -0.4 is 16.1 Å². The first-order valence-corrected chi connectivity index (χ1v) is 13.8. The van der Waals surface area contributed by atoms with E-state index in [1.54, 1.807) is 4.90 Å². The highest BCUT2D eigenvalue weighted by Crippen LogP contribution is 2.26. The lowest BCUT2D eigenvalue weighted by atomic mass is 9.92.